The van der Waals surface area contributed by atoms with Gasteiger partial charge >= 0.3 is 0 Å². The van der Waals surface area contributed by atoms with Gasteiger partial charge in [0.2, 0.25) is 0 Å². The molecule has 3 rings (SSSR count). The molecule has 1 aliphatic rings. The number of H-pyrrole nitrogens is 1. The molecular formula is C16H20N2O2. The molecule has 0 spiro atoms. The van der Waals surface area contributed by atoms with E-state index in [0.29, 0.717) is 5.92 Å². The summed E-state index contributed by atoms with van der Waals surface area (Å²) in [5.74, 6) is 1.26. The van der Waals surface area contributed by atoms with E-state index < -0.39 is 0 Å². The van der Waals surface area contributed by atoms with Crippen LogP contribution in [0.15, 0.2) is 35.1 Å². The molecule has 0 bridgehead atoms. The van der Waals surface area contributed by atoms with Crippen LogP contribution in [-0.4, -0.2) is 29.3 Å². The van der Waals surface area contributed by atoms with Gasteiger partial charge in [0.25, 0.3) is 5.56 Å². The van der Waals surface area contributed by atoms with E-state index >= 15 is 0 Å². The maximum atomic E-state index is 12.1. The molecule has 20 heavy (non-hydrogen) atoms. The van der Waals surface area contributed by atoms with Gasteiger partial charge in [-0.25, -0.2) is 0 Å². The number of hydrogen-bond acceptors (Lipinski definition) is 3. The fourth-order valence-corrected chi connectivity index (χ4v) is 2.99. The molecule has 106 valence electrons. The summed E-state index contributed by atoms with van der Waals surface area (Å²) in [6.07, 6.45) is 1.69. The van der Waals surface area contributed by atoms with Crippen LogP contribution in [-0.2, 0) is 0 Å². The number of aromatic amines is 1. The molecule has 2 N–H and O–H groups in total. The molecule has 1 unspecified atom stereocenters. The third kappa shape index (κ3) is 2.43. The standard InChI is InChI=1S/C16H20N2O2/c1-11(19)12-6-8-18(9-7-12)15-10-13-4-2-3-5-14(13)16(20)17-15/h2-5,10-12,19H,6-9H2,1H3,(H,17,20). The number of rotatable bonds is 2. The van der Waals surface area contributed by atoms with E-state index in [1.807, 2.05) is 37.3 Å². The topological polar surface area (TPSA) is 56.3 Å². The Morgan fingerprint density at radius 2 is 2.00 bits per heavy atom. The van der Waals surface area contributed by atoms with Gasteiger partial charge < -0.3 is 15.0 Å². The second kappa shape index (κ2) is 5.29. The molecule has 2 aromatic rings. The number of anilines is 1. The molecule has 1 aromatic carbocycles. The molecule has 1 atom stereocenters. The smallest absolute Gasteiger partial charge is 0.257 e. The van der Waals surface area contributed by atoms with Crippen LogP contribution in [0.25, 0.3) is 10.8 Å². The van der Waals surface area contributed by atoms with Gasteiger partial charge in [-0.3, -0.25) is 4.79 Å². The zero-order chi connectivity index (χ0) is 14.1. The van der Waals surface area contributed by atoms with Crippen molar-refractivity contribution in [3.63, 3.8) is 0 Å². The summed E-state index contributed by atoms with van der Waals surface area (Å²) in [6, 6.07) is 9.68. The minimum absolute atomic E-state index is 0.0317. The molecule has 0 radical (unpaired) electrons. The minimum Gasteiger partial charge on any atom is -0.393 e. The Hall–Kier alpha value is -1.81. The van der Waals surface area contributed by atoms with Crippen LogP contribution in [0.4, 0.5) is 5.82 Å². The normalized spacial score (nSPS) is 18.4. The van der Waals surface area contributed by atoms with Gasteiger partial charge in [0.1, 0.15) is 5.82 Å². The lowest BCUT2D eigenvalue weighted by molar-refractivity contribution is 0.110. The monoisotopic (exact) mass is 272 g/mol. The first-order chi connectivity index (χ1) is 9.65. The van der Waals surface area contributed by atoms with Crippen molar-refractivity contribution in [2.75, 3.05) is 18.0 Å². The van der Waals surface area contributed by atoms with E-state index in [4.69, 9.17) is 0 Å². The van der Waals surface area contributed by atoms with Crippen LogP contribution in [0.1, 0.15) is 19.8 Å². The molecule has 2 heterocycles. The van der Waals surface area contributed by atoms with Crippen molar-refractivity contribution in [1.82, 2.24) is 4.98 Å². The van der Waals surface area contributed by atoms with E-state index in [2.05, 4.69) is 9.88 Å². The Morgan fingerprint density at radius 1 is 1.30 bits per heavy atom. The predicted octanol–water partition coefficient (Wildman–Crippen LogP) is 2.13. The van der Waals surface area contributed by atoms with Crippen molar-refractivity contribution in [1.29, 1.82) is 0 Å². The van der Waals surface area contributed by atoms with Crippen molar-refractivity contribution in [2.24, 2.45) is 5.92 Å². The molecule has 4 heteroatoms. The largest absolute Gasteiger partial charge is 0.393 e. The van der Waals surface area contributed by atoms with E-state index in [0.717, 1.165) is 42.5 Å². The molecule has 1 fully saturated rings. The second-order valence-electron chi connectivity index (χ2n) is 5.64. The summed E-state index contributed by atoms with van der Waals surface area (Å²) in [7, 11) is 0. The molecule has 1 aliphatic heterocycles. The van der Waals surface area contributed by atoms with Crippen LogP contribution in [0.5, 0.6) is 0 Å². The van der Waals surface area contributed by atoms with Crippen molar-refractivity contribution >= 4 is 16.6 Å². The Bertz CT molecular complexity index is 655. The number of nitrogens with zero attached hydrogens (tertiary/aromatic N) is 1. The number of fused-ring (bicyclic) bond motifs is 1. The summed E-state index contributed by atoms with van der Waals surface area (Å²) in [5, 5.41) is 11.4. The molecule has 4 nitrogen and oxygen atoms in total. The summed E-state index contributed by atoms with van der Waals surface area (Å²) < 4.78 is 0. The van der Waals surface area contributed by atoms with Gasteiger partial charge in [-0.2, -0.15) is 0 Å². The van der Waals surface area contributed by atoms with Crippen LogP contribution >= 0.6 is 0 Å². The fourth-order valence-electron chi connectivity index (χ4n) is 2.99. The zero-order valence-electron chi connectivity index (χ0n) is 11.7. The third-order valence-corrected chi connectivity index (χ3v) is 4.30. The first-order valence-corrected chi connectivity index (χ1v) is 7.20. The highest BCUT2D eigenvalue weighted by atomic mass is 16.3. The lowest BCUT2D eigenvalue weighted by Crippen LogP contribution is -2.38. The lowest BCUT2D eigenvalue weighted by atomic mass is 9.92. The molecule has 0 amide bonds. The minimum atomic E-state index is -0.243. The number of pyridine rings is 1. The summed E-state index contributed by atoms with van der Waals surface area (Å²) >= 11 is 0. The van der Waals surface area contributed by atoms with Gasteiger partial charge in [-0.1, -0.05) is 18.2 Å². The Kier molecular flexibility index (Phi) is 3.49. The predicted molar refractivity (Wildman–Crippen MR) is 81.2 cm³/mol. The SMILES string of the molecule is CC(O)C1CCN(c2cc3ccccc3c(=O)[nH]2)CC1. The number of nitrogens with one attached hydrogen (secondary N) is 1. The van der Waals surface area contributed by atoms with Crippen LogP contribution in [0.3, 0.4) is 0 Å². The number of piperidine rings is 1. The van der Waals surface area contributed by atoms with E-state index in [1.54, 1.807) is 0 Å². The van der Waals surface area contributed by atoms with Crippen LogP contribution in [0, 0.1) is 5.92 Å². The van der Waals surface area contributed by atoms with Gasteiger partial charge in [-0.05, 0) is 43.2 Å². The van der Waals surface area contributed by atoms with Crippen molar-refractivity contribution in [3.8, 4) is 0 Å². The third-order valence-electron chi connectivity index (χ3n) is 4.30. The van der Waals surface area contributed by atoms with Gasteiger partial charge in [0.05, 0.1) is 6.10 Å². The average Bonchev–Trinajstić information content (AvgIpc) is 2.47. The number of benzene rings is 1. The Balaban J connectivity index is 1.87. The number of aliphatic hydroxyl groups excluding tert-OH is 1. The Labute approximate surface area is 118 Å². The highest BCUT2D eigenvalue weighted by Crippen LogP contribution is 2.25. The average molecular weight is 272 g/mol. The molecule has 0 saturated carbocycles. The summed E-state index contributed by atoms with van der Waals surface area (Å²) in [6.45, 7) is 3.62. The second-order valence-corrected chi connectivity index (χ2v) is 5.64. The highest BCUT2D eigenvalue weighted by molar-refractivity contribution is 5.83. The first kappa shape index (κ1) is 13.2. The van der Waals surface area contributed by atoms with Gasteiger partial charge in [-0.15, -0.1) is 0 Å². The number of hydrogen-bond donors (Lipinski definition) is 2. The van der Waals surface area contributed by atoms with Gasteiger partial charge in [0.15, 0.2) is 0 Å². The summed E-state index contributed by atoms with van der Waals surface area (Å²) in [5.41, 5.74) is -0.0317. The van der Waals surface area contributed by atoms with Crippen molar-refractivity contribution in [3.05, 3.63) is 40.7 Å². The molecule has 1 aromatic heterocycles. The van der Waals surface area contributed by atoms with E-state index in [9.17, 15) is 9.90 Å². The maximum absolute atomic E-state index is 12.1. The van der Waals surface area contributed by atoms with Crippen LogP contribution < -0.4 is 10.5 Å². The Morgan fingerprint density at radius 3 is 2.70 bits per heavy atom. The number of aliphatic hydroxyl groups is 1. The number of aromatic nitrogens is 1. The van der Waals surface area contributed by atoms with Crippen molar-refractivity contribution in [2.45, 2.75) is 25.9 Å². The summed E-state index contributed by atoms with van der Waals surface area (Å²) in [4.78, 5) is 17.3. The quantitative estimate of drug-likeness (QED) is 0.880. The lowest BCUT2D eigenvalue weighted by Gasteiger charge is -2.34. The fraction of sp³-hybridized carbons (Fsp3) is 0.438. The molecule has 1 saturated heterocycles. The highest BCUT2D eigenvalue weighted by Gasteiger charge is 2.23. The molecule has 0 aliphatic carbocycles. The maximum Gasteiger partial charge on any atom is 0.257 e. The molecular weight excluding hydrogens is 252 g/mol. The van der Waals surface area contributed by atoms with E-state index in [-0.39, 0.29) is 11.7 Å². The van der Waals surface area contributed by atoms with Crippen molar-refractivity contribution < 1.29 is 5.11 Å². The zero-order valence-corrected chi connectivity index (χ0v) is 11.7. The van der Waals surface area contributed by atoms with Crippen LogP contribution in [0.2, 0.25) is 0 Å². The first-order valence-electron chi connectivity index (χ1n) is 7.20. The van der Waals surface area contributed by atoms with Gasteiger partial charge in [0, 0.05) is 18.5 Å². The van der Waals surface area contributed by atoms with E-state index in [1.165, 1.54) is 0 Å².